The number of imidazole rings is 1. The van der Waals surface area contributed by atoms with E-state index in [4.69, 9.17) is 5.73 Å². The van der Waals surface area contributed by atoms with E-state index in [1.54, 1.807) is 6.07 Å². The monoisotopic (exact) mass is 306 g/mol. The van der Waals surface area contributed by atoms with E-state index < -0.39 is 11.6 Å². The molecule has 0 aliphatic carbocycles. The summed E-state index contributed by atoms with van der Waals surface area (Å²) < 4.78 is 2.32. The van der Waals surface area contributed by atoms with Gasteiger partial charge in [0.2, 0.25) is 0 Å². The van der Waals surface area contributed by atoms with E-state index in [2.05, 4.69) is 15.3 Å². The molecule has 0 bridgehead atoms. The molecular formula is C15H10N6O2. The first-order chi connectivity index (χ1) is 11.2. The van der Waals surface area contributed by atoms with E-state index in [9.17, 15) is 9.59 Å². The Balaban J connectivity index is 2.04. The molecule has 23 heavy (non-hydrogen) atoms. The van der Waals surface area contributed by atoms with Gasteiger partial charge >= 0.3 is 5.69 Å². The number of fused-ring (bicyclic) bond motifs is 2. The number of hydrogen-bond donors (Lipinski definition) is 1. The molecule has 8 nitrogen and oxygen atoms in total. The van der Waals surface area contributed by atoms with Crippen LogP contribution in [0.4, 0.5) is 0 Å². The average molecular weight is 306 g/mol. The summed E-state index contributed by atoms with van der Waals surface area (Å²) in [4.78, 5) is 27.8. The summed E-state index contributed by atoms with van der Waals surface area (Å²) in [7, 11) is 0. The normalized spacial score (nSPS) is 11.1. The van der Waals surface area contributed by atoms with Gasteiger partial charge < -0.3 is 5.73 Å². The van der Waals surface area contributed by atoms with E-state index in [0.29, 0.717) is 5.69 Å². The van der Waals surface area contributed by atoms with Gasteiger partial charge in [-0.3, -0.25) is 4.79 Å². The molecule has 0 saturated carbocycles. The van der Waals surface area contributed by atoms with Crippen LogP contribution >= 0.6 is 0 Å². The lowest BCUT2D eigenvalue weighted by Gasteiger charge is -2.07. The molecule has 4 rings (SSSR count). The van der Waals surface area contributed by atoms with E-state index in [1.807, 2.05) is 36.4 Å². The van der Waals surface area contributed by atoms with Crippen LogP contribution in [0.15, 0.2) is 53.6 Å². The van der Waals surface area contributed by atoms with Gasteiger partial charge in [-0.2, -0.15) is 4.68 Å². The van der Waals surface area contributed by atoms with Gasteiger partial charge in [-0.25, -0.2) is 14.2 Å². The number of benzene rings is 2. The van der Waals surface area contributed by atoms with Crippen molar-refractivity contribution in [2.24, 2.45) is 5.73 Å². The fourth-order valence-electron chi connectivity index (χ4n) is 2.52. The minimum atomic E-state index is -0.760. The molecule has 2 aromatic heterocycles. The van der Waals surface area contributed by atoms with Crippen LogP contribution in [0.3, 0.4) is 0 Å². The Bertz CT molecular complexity index is 1120. The van der Waals surface area contributed by atoms with Gasteiger partial charge in [0.25, 0.3) is 5.91 Å². The van der Waals surface area contributed by atoms with Crippen LogP contribution in [0.5, 0.6) is 0 Å². The lowest BCUT2D eigenvalue weighted by atomic mass is 10.1. The summed E-state index contributed by atoms with van der Waals surface area (Å²) in [6, 6.07) is 13.2. The molecule has 0 aliphatic rings. The second-order valence-electron chi connectivity index (χ2n) is 4.93. The number of amides is 1. The van der Waals surface area contributed by atoms with E-state index in [1.165, 1.54) is 11.0 Å². The maximum atomic E-state index is 12.6. The van der Waals surface area contributed by atoms with Crippen molar-refractivity contribution in [2.75, 3.05) is 0 Å². The lowest BCUT2D eigenvalue weighted by Crippen LogP contribution is -2.29. The van der Waals surface area contributed by atoms with Gasteiger partial charge in [0.15, 0.2) is 11.3 Å². The Labute approximate surface area is 128 Å². The summed E-state index contributed by atoms with van der Waals surface area (Å²) in [6.45, 7) is 0. The lowest BCUT2D eigenvalue weighted by molar-refractivity contribution is 0.0997. The van der Waals surface area contributed by atoms with Gasteiger partial charge in [-0.1, -0.05) is 41.6 Å². The zero-order chi connectivity index (χ0) is 16.0. The highest BCUT2D eigenvalue weighted by Crippen LogP contribution is 2.20. The van der Waals surface area contributed by atoms with Crippen molar-refractivity contribution in [2.45, 2.75) is 0 Å². The molecule has 0 radical (unpaired) electrons. The third-order valence-corrected chi connectivity index (χ3v) is 3.59. The van der Waals surface area contributed by atoms with Gasteiger partial charge in [-0.05, 0) is 11.5 Å². The average Bonchev–Trinajstić information content (AvgIpc) is 3.00. The van der Waals surface area contributed by atoms with E-state index >= 15 is 0 Å². The quantitative estimate of drug-likeness (QED) is 0.581. The smallest absolute Gasteiger partial charge is 0.357 e. The molecule has 0 spiro atoms. The number of hydrogen-bond acceptors (Lipinski definition) is 5. The molecule has 4 aromatic rings. The van der Waals surface area contributed by atoms with Crippen molar-refractivity contribution in [3.63, 3.8) is 0 Å². The second kappa shape index (κ2) is 4.73. The number of aromatic nitrogens is 5. The van der Waals surface area contributed by atoms with Crippen LogP contribution in [0.1, 0.15) is 10.5 Å². The van der Waals surface area contributed by atoms with Crippen molar-refractivity contribution < 1.29 is 4.79 Å². The van der Waals surface area contributed by atoms with Gasteiger partial charge in [-0.15, -0.1) is 5.10 Å². The number of nitrogens with two attached hydrogens (primary N) is 1. The molecule has 2 N–H and O–H groups in total. The Kier molecular flexibility index (Phi) is 2.70. The van der Waals surface area contributed by atoms with Crippen LogP contribution in [0.25, 0.3) is 22.1 Å². The first kappa shape index (κ1) is 13.1. The van der Waals surface area contributed by atoms with Crippen LogP contribution in [-0.4, -0.2) is 30.3 Å². The predicted molar refractivity (Wildman–Crippen MR) is 82.4 cm³/mol. The molecule has 0 aliphatic heterocycles. The minimum Gasteiger partial charge on any atom is -0.364 e. The first-order valence-electron chi connectivity index (χ1n) is 6.78. The van der Waals surface area contributed by atoms with Crippen LogP contribution < -0.4 is 11.4 Å². The van der Waals surface area contributed by atoms with Crippen molar-refractivity contribution in [3.8, 4) is 5.69 Å². The molecule has 2 aromatic carbocycles. The highest BCUT2D eigenvalue weighted by Gasteiger charge is 2.16. The molecule has 1 amide bonds. The van der Waals surface area contributed by atoms with Gasteiger partial charge in [0.05, 0.1) is 5.69 Å². The number of primary amides is 1. The van der Waals surface area contributed by atoms with Crippen LogP contribution in [-0.2, 0) is 0 Å². The molecule has 2 heterocycles. The fraction of sp³-hybridized carbons (Fsp3) is 0. The summed E-state index contributed by atoms with van der Waals surface area (Å²) in [5.74, 6) is -0.760. The topological polar surface area (TPSA) is 108 Å². The van der Waals surface area contributed by atoms with Crippen molar-refractivity contribution in [3.05, 3.63) is 65.0 Å². The molecule has 0 fully saturated rings. The highest BCUT2D eigenvalue weighted by atomic mass is 16.2. The minimum absolute atomic E-state index is 0.0407. The highest BCUT2D eigenvalue weighted by molar-refractivity contribution is 5.96. The maximum Gasteiger partial charge on any atom is 0.357 e. The van der Waals surface area contributed by atoms with Crippen molar-refractivity contribution in [1.29, 1.82) is 0 Å². The maximum absolute atomic E-state index is 12.6. The van der Waals surface area contributed by atoms with Crippen molar-refractivity contribution >= 4 is 22.3 Å². The molecule has 0 atom stereocenters. The summed E-state index contributed by atoms with van der Waals surface area (Å²) >= 11 is 0. The van der Waals surface area contributed by atoms with E-state index in [0.717, 1.165) is 15.2 Å². The van der Waals surface area contributed by atoms with Crippen molar-refractivity contribution in [1.82, 2.24) is 24.4 Å². The number of nitrogens with zero attached hydrogens (tertiary/aromatic N) is 5. The third-order valence-electron chi connectivity index (χ3n) is 3.59. The third kappa shape index (κ3) is 1.89. The molecule has 0 unspecified atom stereocenters. The Morgan fingerprint density at radius 3 is 2.70 bits per heavy atom. The zero-order valence-electron chi connectivity index (χ0n) is 11.7. The Morgan fingerprint density at radius 1 is 1.09 bits per heavy atom. The largest absolute Gasteiger partial charge is 0.364 e. The number of rotatable bonds is 2. The first-order valence-corrected chi connectivity index (χ1v) is 6.78. The summed E-state index contributed by atoms with van der Waals surface area (Å²) in [5, 5.41) is 9.68. The predicted octanol–water partition coefficient (Wildman–Crippen LogP) is 0.527. The zero-order valence-corrected chi connectivity index (χ0v) is 11.7. The van der Waals surface area contributed by atoms with Gasteiger partial charge in [0.1, 0.15) is 6.33 Å². The Hall–Kier alpha value is -3.55. The van der Waals surface area contributed by atoms with Crippen LogP contribution in [0, 0.1) is 0 Å². The standard InChI is InChI=1S/C15H10N6O2/c16-13(22)12-14-18-19-21(15(23)20(14)8-17-12)11-7-3-5-9-4-1-2-6-10(9)11/h1-8H,(H2,16,22). The SMILES string of the molecule is NC(=O)c1ncn2c(=O)n(-c3cccc4ccccc34)nnc12. The summed E-state index contributed by atoms with van der Waals surface area (Å²) in [5.41, 5.74) is 5.28. The molecule has 8 heteroatoms. The number of carbonyl (C=O) groups is 1. The fourth-order valence-corrected chi connectivity index (χ4v) is 2.52. The Morgan fingerprint density at radius 2 is 1.87 bits per heavy atom. The molecule has 112 valence electrons. The molecular weight excluding hydrogens is 296 g/mol. The second-order valence-corrected chi connectivity index (χ2v) is 4.93. The van der Waals surface area contributed by atoms with Gasteiger partial charge in [0, 0.05) is 5.39 Å². The van der Waals surface area contributed by atoms with Crippen LogP contribution in [0.2, 0.25) is 0 Å². The number of carbonyl (C=O) groups excluding carboxylic acids is 1. The van der Waals surface area contributed by atoms with E-state index in [-0.39, 0.29) is 11.3 Å². The molecule has 0 saturated heterocycles. The summed E-state index contributed by atoms with van der Waals surface area (Å²) in [6.07, 6.45) is 1.22.